The first kappa shape index (κ1) is 22.0. The molecular formula is C28H19N2O2PS. The van der Waals surface area contributed by atoms with Gasteiger partial charge in [0.2, 0.25) is 0 Å². The Morgan fingerprint density at radius 2 is 1.35 bits per heavy atom. The predicted octanol–water partition coefficient (Wildman–Crippen LogP) is 4.98. The average molecular weight is 479 g/mol. The van der Waals surface area contributed by atoms with Gasteiger partial charge in [-0.3, -0.25) is 4.79 Å². The highest BCUT2D eigenvalue weighted by Crippen LogP contribution is 2.48. The molecule has 4 nitrogen and oxygen atoms in total. The maximum absolute atomic E-state index is 12.8. The summed E-state index contributed by atoms with van der Waals surface area (Å²) in [7, 11) is 0. The third-order valence-corrected chi connectivity index (χ3v) is 10.9. The molecular weight excluding hydrogens is 459 g/mol. The van der Waals surface area contributed by atoms with Crippen molar-refractivity contribution in [1.29, 1.82) is 5.26 Å². The zero-order chi connectivity index (χ0) is 23.4. The van der Waals surface area contributed by atoms with Crippen LogP contribution in [0.4, 0.5) is 0 Å². The standard InChI is InChI=1S/C28H19N2O2PS/c29-20-25(28-30-27(31)26(34-28)19-21-11-10-18-32-21)33(22-12-4-1-5-13-22,23-14-6-2-7-15-23)24-16-8-3-9-17-24/h1-19H/b26-19-. The van der Waals surface area contributed by atoms with Gasteiger partial charge in [-0.2, -0.15) is 5.26 Å². The average Bonchev–Trinajstić information content (AvgIpc) is 3.54. The lowest BCUT2D eigenvalue weighted by atomic mass is 10.3. The fourth-order valence-corrected chi connectivity index (χ4v) is 9.42. The lowest BCUT2D eigenvalue weighted by Gasteiger charge is -2.30. The van der Waals surface area contributed by atoms with Gasteiger partial charge in [0.25, 0.3) is 5.91 Å². The van der Waals surface area contributed by atoms with Crippen LogP contribution >= 0.6 is 18.6 Å². The minimum Gasteiger partial charge on any atom is -0.465 e. The molecule has 0 atom stereocenters. The van der Waals surface area contributed by atoms with E-state index in [0.717, 1.165) is 15.9 Å². The molecule has 2 heterocycles. The van der Waals surface area contributed by atoms with Crippen LogP contribution in [0, 0.1) is 11.3 Å². The molecule has 164 valence electrons. The van der Waals surface area contributed by atoms with Crippen LogP contribution in [0.2, 0.25) is 0 Å². The molecule has 0 N–H and O–H groups in total. The van der Waals surface area contributed by atoms with Gasteiger partial charge >= 0.3 is 0 Å². The van der Waals surface area contributed by atoms with Gasteiger partial charge in [0.05, 0.1) is 16.5 Å². The van der Waals surface area contributed by atoms with E-state index in [-0.39, 0.29) is 5.91 Å². The van der Waals surface area contributed by atoms with Crippen molar-refractivity contribution in [2.24, 2.45) is 4.99 Å². The molecule has 1 aromatic heterocycles. The van der Waals surface area contributed by atoms with Gasteiger partial charge in [-0.05, 0) is 34.9 Å². The first-order valence-electron chi connectivity index (χ1n) is 10.6. The molecule has 0 radical (unpaired) electrons. The third kappa shape index (κ3) is 3.88. The molecule has 5 rings (SSSR count). The number of aliphatic imine (C=N–C) groups is 1. The molecule has 34 heavy (non-hydrogen) atoms. The summed E-state index contributed by atoms with van der Waals surface area (Å²) < 4.78 is 5.38. The number of rotatable bonds is 5. The largest absolute Gasteiger partial charge is 0.465 e. The number of benzene rings is 3. The molecule has 3 aromatic carbocycles. The maximum Gasteiger partial charge on any atom is 0.285 e. The van der Waals surface area contributed by atoms with E-state index in [2.05, 4.69) is 47.5 Å². The number of nitrogens with zero attached hydrogens (tertiary/aromatic N) is 2. The van der Waals surface area contributed by atoms with Crippen molar-refractivity contribution in [1.82, 2.24) is 0 Å². The first-order valence-corrected chi connectivity index (χ1v) is 13.2. The Morgan fingerprint density at radius 3 is 1.79 bits per heavy atom. The summed E-state index contributed by atoms with van der Waals surface area (Å²) in [5.41, 5.74) is 0. The Kier molecular flexibility index (Phi) is 6.18. The molecule has 0 bridgehead atoms. The highest BCUT2D eigenvalue weighted by atomic mass is 32.2. The summed E-state index contributed by atoms with van der Waals surface area (Å²) in [4.78, 5) is 17.6. The summed E-state index contributed by atoms with van der Waals surface area (Å²) in [6.45, 7) is -2.64. The summed E-state index contributed by atoms with van der Waals surface area (Å²) in [6, 6.07) is 36.2. The zero-order valence-corrected chi connectivity index (χ0v) is 19.7. The van der Waals surface area contributed by atoms with Gasteiger partial charge in [0.15, 0.2) is 0 Å². The number of nitriles is 1. The van der Waals surface area contributed by atoms with E-state index in [0.29, 0.717) is 21.0 Å². The fraction of sp³-hybridized carbons (Fsp3) is 0. The van der Waals surface area contributed by atoms with E-state index < -0.39 is 6.89 Å². The van der Waals surface area contributed by atoms with Crippen LogP contribution < -0.4 is 15.9 Å². The number of hydrogen-bond acceptors (Lipinski definition) is 4. The number of furan rings is 1. The van der Waals surface area contributed by atoms with E-state index in [1.807, 2.05) is 54.6 Å². The van der Waals surface area contributed by atoms with Gasteiger partial charge < -0.3 is 4.42 Å². The second-order valence-electron chi connectivity index (χ2n) is 7.49. The first-order chi connectivity index (χ1) is 16.7. The predicted molar refractivity (Wildman–Crippen MR) is 142 cm³/mol. The van der Waals surface area contributed by atoms with Crippen LogP contribution in [0.15, 0.2) is 124 Å². The molecule has 0 unspecified atom stereocenters. The molecule has 0 fully saturated rings. The van der Waals surface area contributed by atoms with E-state index in [1.54, 1.807) is 24.5 Å². The van der Waals surface area contributed by atoms with Crippen LogP contribution in [0.1, 0.15) is 5.76 Å². The van der Waals surface area contributed by atoms with Gasteiger partial charge in [0.1, 0.15) is 16.9 Å². The normalized spacial score (nSPS) is 14.6. The second-order valence-corrected chi connectivity index (χ2v) is 11.9. The Bertz CT molecular complexity index is 1380. The number of hydrogen-bond donors (Lipinski definition) is 0. The van der Waals surface area contributed by atoms with E-state index in [1.165, 1.54) is 11.8 Å². The summed E-state index contributed by atoms with van der Waals surface area (Å²) >= 11 is 1.23. The molecule has 4 aromatic rings. The molecule has 6 heteroatoms. The zero-order valence-electron chi connectivity index (χ0n) is 18.0. The quantitative estimate of drug-likeness (QED) is 0.300. The molecule has 0 saturated heterocycles. The van der Waals surface area contributed by atoms with Crippen molar-refractivity contribution in [3.05, 3.63) is 120 Å². The van der Waals surface area contributed by atoms with Crippen molar-refractivity contribution in [3.63, 3.8) is 0 Å². The Balaban J connectivity index is 1.84. The van der Waals surface area contributed by atoms with Crippen LogP contribution in [0.3, 0.4) is 0 Å². The number of carbonyl (C=O) groups excluding carboxylic acids is 1. The monoisotopic (exact) mass is 478 g/mol. The van der Waals surface area contributed by atoms with E-state index in [9.17, 15) is 10.1 Å². The molecule has 1 aliphatic heterocycles. The van der Waals surface area contributed by atoms with Crippen LogP contribution in [0.5, 0.6) is 0 Å². The maximum atomic E-state index is 12.8. The van der Waals surface area contributed by atoms with Gasteiger partial charge in [-0.25, -0.2) is 4.99 Å². The summed E-state index contributed by atoms with van der Waals surface area (Å²) in [5.74, 6) is 0.206. The summed E-state index contributed by atoms with van der Waals surface area (Å²) in [6.07, 6.45) is 3.23. The van der Waals surface area contributed by atoms with Crippen LogP contribution in [-0.2, 0) is 4.79 Å². The van der Waals surface area contributed by atoms with Crippen molar-refractivity contribution in [3.8, 4) is 6.07 Å². The second kappa shape index (κ2) is 9.57. The molecule has 0 aliphatic carbocycles. The minimum absolute atomic E-state index is 0.364. The lowest BCUT2D eigenvalue weighted by Crippen LogP contribution is -2.32. The van der Waals surface area contributed by atoms with Crippen LogP contribution in [-0.4, -0.2) is 16.2 Å². The SMILES string of the molecule is N#CC(C1=NC(=O)/C(=C/c2ccco2)S1)=P(c1ccccc1)(c1ccccc1)c1ccccc1. The van der Waals surface area contributed by atoms with Gasteiger partial charge in [0, 0.05) is 6.08 Å². The van der Waals surface area contributed by atoms with Crippen molar-refractivity contribution >= 4 is 56.9 Å². The van der Waals surface area contributed by atoms with E-state index in [4.69, 9.17) is 4.42 Å². The van der Waals surface area contributed by atoms with Crippen molar-refractivity contribution in [2.75, 3.05) is 0 Å². The van der Waals surface area contributed by atoms with E-state index >= 15 is 0 Å². The Hall–Kier alpha value is -3.84. The molecule has 1 amide bonds. The molecule has 0 saturated carbocycles. The molecule has 0 spiro atoms. The third-order valence-electron chi connectivity index (χ3n) is 5.51. The number of amides is 1. The van der Waals surface area contributed by atoms with Crippen molar-refractivity contribution in [2.45, 2.75) is 0 Å². The highest BCUT2D eigenvalue weighted by Gasteiger charge is 2.35. The lowest BCUT2D eigenvalue weighted by molar-refractivity contribution is -0.113. The fourth-order valence-electron chi connectivity index (χ4n) is 4.07. The topological polar surface area (TPSA) is 66.4 Å². The Morgan fingerprint density at radius 1 is 0.824 bits per heavy atom. The smallest absolute Gasteiger partial charge is 0.285 e. The van der Waals surface area contributed by atoms with Crippen molar-refractivity contribution < 1.29 is 9.21 Å². The summed E-state index contributed by atoms with van der Waals surface area (Å²) in [5, 5.41) is 14.7. The van der Waals surface area contributed by atoms with Gasteiger partial charge in [-0.15, -0.1) is 0 Å². The number of carbonyl (C=O) groups is 1. The molecule has 1 aliphatic rings. The van der Waals surface area contributed by atoms with Gasteiger partial charge in [-0.1, -0.05) is 103 Å². The Labute approximate surface area is 202 Å². The van der Waals surface area contributed by atoms with Crippen LogP contribution in [0.25, 0.3) is 6.08 Å². The highest BCUT2D eigenvalue weighted by molar-refractivity contribution is 8.22. The minimum atomic E-state index is -2.64. The number of thioether (sulfide) groups is 1.